The zero-order valence-corrected chi connectivity index (χ0v) is 11.9. The number of piperidine rings is 1. The van der Waals surface area contributed by atoms with E-state index in [9.17, 15) is 4.79 Å². The first-order valence-corrected chi connectivity index (χ1v) is 7.04. The van der Waals surface area contributed by atoms with E-state index in [0.29, 0.717) is 18.2 Å². The lowest BCUT2D eigenvalue weighted by Crippen LogP contribution is -2.49. The van der Waals surface area contributed by atoms with Gasteiger partial charge in [-0.2, -0.15) is 5.10 Å². The van der Waals surface area contributed by atoms with Crippen LogP contribution < -0.4 is 5.73 Å². The highest BCUT2D eigenvalue weighted by atomic mass is 16.2. The van der Waals surface area contributed by atoms with E-state index in [2.05, 4.69) is 12.0 Å². The van der Waals surface area contributed by atoms with E-state index in [1.165, 1.54) is 0 Å². The van der Waals surface area contributed by atoms with Crippen LogP contribution in [0.25, 0.3) is 10.9 Å². The summed E-state index contributed by atoms with van der Waals surface area (Å²) in [6, 6.07) is 7.87. The highest BCUT2D eigenvalue weighted by molar-refractivity contribution is 6.04. The third kappa shape index (κ3) is 2.08. The van der Waals surface area contributed by atoms with Crippen molar-refractivity contribution in [3.8, 4) is 0 Å². The lowest BCUT2D eigenvalue weighted by Gasteiger charge is -2.34. The van der Waals surface area contributed by atoms with E-state index in [0.717, 1.165) is 23.9 Å². The van der Waals surface area contributed by atoms with Gasteiger partial charge in [-0.05, 0) is 18.4 Å². The number of likely N-dealkylation sites (tertiary alicyclic amines) is 1. The Morgan fingerprint density at radius 1 is 1.40 bits per heavy atom. The lowest BCUT2D eigenvalue weighted by molar-refractivity contribution is 0.0667. The van der Waals surface area contributed by atoms with Gasteiger partial charge in [-0.15, -0.1) is 0 Å². The molecule has 2 unspecified atom stereocenters. The van der Waals surface area contributed by atoms with Gasteiger partial charge in [0.05, 0.1) is 5.52 Å². The number of benzene rings is 1. The minimum Gasteiger partial charge on any atom is -0.336 e. The number of nitrogens with zero attached hydrogens (tertiary/aromatic N) is 3. The molecule has 5 heteroatoms. The molecule has 1 aromatic carbocycles. The van der Waals surface area contributed by atoms with Crippen LogP contribution in [-0.4, -0.2) is 39.7 Å². The minimum atomic E-state index is -0.0100. The van der Waals surface area contributed by atoms with Gasteiger partial charge < -0.3 is 10.6 Å². The summed E-state index contributed by atoms with van der Waals surface area (Å²) in [7, 11) is 1.86. The summed E-state index contributed by atoms with van der Waals surface area (Å²) in [5.74, 6) is 0.462. The maximum atomic E-state index is 12.7. The molecule has 5 nitrogen and oxygen atoms in total. The molecule has 1 amide bonds. The zero-order chi connectivity index (χ0) is 14.3. The Morgan fingerprint density at radius 2 is 2.15 bits per heavy atom. The van der Waals surface area contributed by atoms with Gasteiger partial charge >= 0.3 is 0 Å². The average Bonchev–Trinajstić information content (AvgIpc) is 2.79. The van der Waals surface area contributed by atoms with E-state index in [1.54, 1.807) is 4.68 Å². The topological polar surface area (TPSA) is 64.2 Å². The van der Waals surface area contributed by atoms with Crippen molar-refractivity contribution < 1.29 is 4.79 Å². The summed E-state index contributed by atoms with van der Waals surface area (Å²) < 4.78 is 1.76. The molecular weight excluding hydrogens is 252 g/mol. The maximum absolute atomic E-state index is 12.7. The van der Waals surface area contributed by atoms with Gasteiger partial charge in [0, 0.05) is 31.6 Å². The Balaban J connectivity index is 1.93. The second-order valence-electron chi connectivity index (χ2n) is 5.67. The molecule has 1 aromatic heterocycles. The molecule has 1 fully saturated rings. The molecule has 0 aliphatic carbocycles. The molecule has 1 aliphatic heterocycles. The van der Waals surface area contributed by atoms with Gasteiger partial charge in [0.1, 0.15) is 0 Å². The molecule has 2 atom stereocenters. The summed E-state index contributed by atoms with van der Waals surface area (Å²) in [5, 5.41) is 5.30. The first kappa shape index (κ1) is 13.1. The van der Waals surface area contributed by atoms with Crippen LogP contribution in [0.3, 0.4) is 0 Å². The molecule has 20 heavy (non-hydrogen) atoms. The second kappa shape index (κ2) is 4.90. The fourth-order valence-electron chi connectivity index (χ4n) is 2.81. The van der Waals surface area contributed by atoms with Crippen LogP contribution in [0.1, 0.15) is 23.8 Å². The molecule has 0 radical (unpaired) electrons. The number of fused-ring (bicyclic) bond motifs is 1. The SMILES string of the molecule is CC1CCN(C(=O)c2nn(C)c3ccccc23)CC1N. The zero-order valence-electron chi connectivity index (χ0n) is 11.9. The fraction of sp³-hybridized carbons (Fsp3) is 0.467. The summed E-state index contributed by atoms with van der Waals surface area (Å²) in [5.41, 5.74) is 7.59. The Bertz CT molecular complexity index is 648. The van der Waals surface area contributed by atoms with E-state index in [4.69, 9.17) is 5.73 Å². The van der Waals surface area contributed by atoms with Crippen LogP contribution in [0.5, 0.6) is 0 Å². The summed E-state index contributed by atoms with van der Waals surface area (Å²) in [6.45, 7) is 3.52. The van der Waals surface area contributed by atoms with Gasteiger partial charge in [-0.1, -0.05) is 25.1 Å². The number of rotatable bonds is 1. The highest BCUT2D eigenvalue weighted by Gasteiger charge is 2.29. The predicted molar refractivity (Wildman–Crippen MR) is 78.4 cm³/mol. The summed E-state index contributed by atoms with van der Waals surface area (Å²) in [6.07, 6.45) is 0.956. The number of hydrogen-bond donors (Lipinski definition) is 1. The van der Waals surface area contributed by atoms with Gasteiger partial charge in [-0.25, -0.2) is 0 Å². The second-order valence-corrected chi connectivity index (χ2v) is 5.67. The molecule has 2 heterocycles. The van der Waals surface area contributed by atoms with Crippen LogP contribution in [0.2, 0.25) is 0 Å². The average molecular weight is 272 g/mol. The Hall–Kier alpha value is -1.88. The summed E-state index contributed by atoms with van der Waals surface area (Å²) >= 11 is 0. The third-order valence-electron chi connectivity index (χ3n) is 4.26. The number of hydrogen-bond acceptors (Lipinski definition) is 3. The van der Waals surface area contributed by atoms with Crippen LogP contribution in [0.4, 0.5) is 0 Å². The third-order valence-corrected chi connectivity index (χ3v) is 4.26. The van der Waals surface area contributed by atoms with E-state index in [-0.39, 0.29) is 11.9 Å². The molecule has 1 saturated heterocycles. The van der Waals surface area contributed by atoms with Crippen molar-refractivity contribution in [1.82, 2.24) is 14.7 Å². The molecule has 3 rings (SSSR count). The van der Waals surface area contributed by atoms with Crippen molar-refractivity contribution in [2.45, 2.75) is 19.4 Å². The van der Waals surface area contributed by atoms with Crippen molar-refractivity contribution in [1.29, 1.82) is 0 Å². The van der Waals surface area contributed by atoms with Crippen molar-refractivity contribution >= 4 is 16.8 Å². The molecule has 2 aromatic rings. The molecule has 106 valence electrons. The van der Waals surface area contributed by atoms with Crippen molar-refractivity contribution in [3.63, 3.8) is 0 Å². The van der Waals surface area contributed by atoms with Crippen LogP contribution >= 0.6 is 0 Å². The van der Waals surface area contributed by atoms with Crippen LogP contribution in [0.15, 0.2) is 24.3 Å². The lowest BCUT2D eigenvalue weighted by atomic mass is 9.94. The molecule has 1 aliphatic rings. The largest absolute Gasteiger partial charge is 0.336 e. The summed E-state index contributed by atoms with van der Waals surface area (Å²) in [4.78, 5) is 14.5. The molecule has 0 saturated carbocycles. The van der Waals surface area contributed by atoms with E-state index < -0.39 is 0 Å². The van der Waals surface area contributed by atoms with Gasteiger partial charge in [0.15, 0.2) is 5.69 Å². The molecule has 2 N–H and O–H groups in total. The normalized spacial score (nSPS) is 23.2. The minimum absolute atomic E-state index is 0.0100. The van der Waals surface area contributed by atoms with E-state index >= 15 is 0 Å². The molecule has 0 spiro atoms. The number of carbonyl (C=O) groups excluding carboxylic acids is 1. The highest BCUT2D eigenvalue weighted by Crippen LogP contribution is 2.22. The standard InChI is InChI=1S/C15H20N4O/c1-10-7-8-19(9-12(10)16)15(20)14-11-5-3-4-6-13(11)18(2)17-14/h3-6,10,12H,7-9,16H2,1-2H3. The van der Waals surface area contributed by atoms with Gasteiger partial charge in [-0.3, -0.25) is 9.48 Å². The molecular formula is C15H20N4O. The van der Waals surface area contributed by atoms with Crippen LogP contribution in [-0.2, 0) is 7.05 Å². The quantitative estimate of drug-likeness (QED) is 0.853. The smallest absolute Gasteiger partial charge is 0.275 e. The maximum Gasteiger partial charge on any atom is 0.275 e. The first-order chi connectivity index (χ1) is 9.58. The fourth-order valence-corrected chi connectivity index (χ4v) is 2.81. The van der Waals surface area contributed by atoms with Crippen molar-refractivity contribution in [3.05, 3.63) is 30.0 Å². The molecule has 0 bridgehead atoms. The van der Waals surface area contributed by atoms with E-state index in [1.807, 2.05) is 36.2 Å². The number of amides is 1. The first-order valence-electron chi connectivity index (χ1n) is 7.04. The predicted octanol–water partition coefficient (Wildman–Crippen LogP) is 1.38. The van der Waals surface area contributed by atoms with Gasteiger partial charge in [0.2, 0.25) is 0 Å². The Morgan fingerprint density at radius 3 is 2.90 bits per heavy atom. The number of carbonyl (C=O) groups is 1. The Kier molecular flexibility index (Phi) is 3.22. The van der Waals surface area contributed by atoms with Crippen molar-refractivity contribution in [2.24, 2.45) is 18.7 Å². The monoisotopic (exact) mass is 272 g/mol. The number of aromatic nitrogens is 2. The Labute approximate surface area is 118 Å². The number of para-hydroxylation sites is 1. The number of nitrogens with two attached hydrogens (primary N) is 1. The number of aryl methyl sites for hydroxylation is 1. The van der Waals surface area contributed by atoms with Crippen LogP contribution in [0, 0.1) is 5.92 Å². The van der Waals surface area contributed by atoms with Crippen molar-refractivity contribution in [2.75, 3.05) is 13.1 Å². The van der Waals surface area contributed by atoms with Gasteiger partial charge in [0.25, 0.3) is 5.91 Å².